The zero-order valence-electron chi connectivity index (χ0n) is 11.4. The Bertz CT molecular complexity index is 473. The standard InChI is InChI=1S/C14H21N3O/c1-9(10-4-5-10)13(18)17-7-11-6-15-16-12(11)14(2,3)8-17/h6,9-10H,4-5,7-8H2,1-3H3,(H,15,16). The minimum Gasteiger partial charge on any atom is -0.337 e. The normalized spacial score (nSPS) is 23.6. The van der Waals surface area contributed by atoms with Crippen molar-refractivity contribution in [3.8, 4) is 0 Å². The van der Waals surface area contributed by atoms with Gasteiger partial charge in [0.05, 0.1) is 6.20 Å². The number of nitrogens with zero attached hydrogens (tertiary/aromatic N) is 2. The van der Waals surface area contributed by atoms with Crippen LogP contribution in [0.1, 0.15) is 44.9 Å². The van der Waals surface area contributed by atoms with Crippen LogP contribution in [0, 0.1) is 11.8 Å². The topological polar surface area (TPSA) is 49.0 Å². The van der Waals surface area contributed by atoms with E-state index in [4.69, 9.17) is 0 Å². The van der Waals surface area contributed by atoms with Crippen LogP contribution in [0.5, 0.6) is 0 Å². The van der Waals surface area contributed by atoms with Gasteiger partial charge in [0.25, 0.3) is 0 Å². The molecule has 2 heterocycles. The van der Waals surface area contributed by atoms with E-state index in [1.165, 1.54) is 24.1 Å². The maximum atomic E-state index is 12.5. The first-order chi connectivity index (χ1) is 8.49. The number of carbonyl (C=O) groups excluding carboxylic acids is 1. The molecule has 1 aromatic rings. The average molecular weight is 247 g/mol. The molecule has 1 amide bonds. The summed E-state index contributed by atoms with van der Waals surface area (Å²) >= 11 is 0. The van der Waals surface area contributed by atoms with Gasteiger partial charge in [-0.1, -0.05) is 20.8 Å². The number of H-pyrrole nitrogens is 1. The van der Waals surface area contributed by atoms with E-state index in [-0.39, 0.29) is 11.3 Å². The number of carbonyl (C=O) groups is 1. The molecule has 18 heavy (non-hydrogen) atoms. The van der Waals surface area contributed by atoms with Gasteiger partial charge in [-0.2, -0.15) is 5.10 Å². The summed E-state index contributed by atoms with van der Waals surface area (Å²) in [4.78, 5) is 14.5. The number of rotatable bonds is 2. The third-order valence-corrected chi connectivity index (χ3v) is 4.37. The van der Waals surface area contributed by atoms with Crippen molar-refractivity contribution < 1.29 is 4.79 Å². The molecule has 0 radical (unpaired) electrons. The average Bonchev–Trinajstić information content (AvgIpc) is 3.05. The molecule has 0 aromatic carbocycles. The molecule has 1 aliphatic carbocycles. The van der Waals surface area contributed by atoms with Crippen LogP contribution < -0.4 is 0 Å². The largest absolute Gasteiger partial charge is 0.337 e. The fraction of sp³-hybridized carbons (Fsp3) is 0.714. The minimum absolute atomic E-state index is 0.0248. The van der Waals surface area contributed by atoms with Gasteiger partial charge in [-0.15, -0.1) is 0 Å². The van der Waals surface area contributed by atoms with Crippen LogP contribution in [0.3, 0.4) is 0 Å². The molecule has 1 fully saturated rings. The van der Waals surface area contributed by atoms with Crippen LogP contribution in [0.2, 0.25) is 0 Å². The van der Waals surface area contributed by atoms with Crippen molar-refractivity contribution in [1.82, 2.24) is 15.1 Å². The molecular formula is C14H21N3O. The van der Waals surface area contributed by atoms with Crippen LogP contribution >= 0.6 is 0 Å². The van der Waals surface area contributed by atoms with Crippen molar-refractivity contribution in [2.24, 2.45) is 11.8 Å². The second kappa shape index (κ2) is 3.84. The van der Waals surface area contributed by atoms with Crippen molar-refractivity contribution >= 4 is 5.91 Å². The van der Waals surface area contributed by atoms with Gasteiger partial charge in [0, 0.05) is 35.7 Å². The highest BCUT2D eigenvalue weighted by molar-refractivity contribution is 5.79. The van der Waals surface area contributed by atoms with Gasteiger partial charge >= 0.3 is 0 Å². The van der Waals surface area contributed by atoms with E-state index in [2.05, 4.69) is 31.0 Å². The summed E-state index contributed by atoms with van der Waals surface area (Å²) < 4.78 is 0. The number of aromatic nitrogens is 2. The third-order valence-electron chi connectivity index (χ3n) is 4.37. The van der Waals surface area contributed by atoms with E-state index >= 15 is 0 Å². The first-order valence-electron chi connectivity index (χ1n) is 6.80. The lowest BCUT2D eigenvalue weighted by molar-refractivity contribution is -0.137. The minimum atomic E-state index is -0.0248. The maximum Gasteiger partial charge on any atom is 0.226 e. The fourth-order valence-electron chi connectivity index (χ4n) is 3.08. The predicted octanol–water partition coefficient (Wildman–Crippen LogP) is 2.08. The van der Waals surface area contributed by atoms with Crippen molar-refractivity contribution in [3.63, 3.8) is 0 Å². The first kappa shape index (κ1) is 11.8. The summed E-state index contributed by atoms with van der Waals surface area (Å²) in [6.45, 7) is 7.93. The molecule has 0 spiro atoms. The summed E-state index contributed by atoms with van der Waals surface area (Å²) in [5.41, 5.74) is 2.33. The molecule has 1 aliphatic heterocycles. The number of hydrogen-bond acceptors (Lipinski definition) is 2. The molecule has 98 valence electrons. The molecule has 4 heteroatoms. The zero-order chi connectivity index (χ0) is 12.9. The van der Waals surface area contributed by atoms with Gasteiger partial charge in [0.1, 0.15) is 0 Å². The monoisotopic (exact) mass is 247 g/mol. The summed E-state index contributed by atoms with van der Waals surface area (Å²) in [6.07, 6.45) is 4.31. The molecule has 1 saturated carbocycles. The number of aromatic amines is 1. The molecule has 0 bridgehead atoms. The smallest absolute Gasteiger partial charge is 0.226 e. The lowest BCUT2D eigenvalue weighted by Crippen LogP contribution is -2.47. The maximum absolute atomic E-state index is 12.5. The molecule has 1 unspecified atom stereocenters. The number of nitrogens with one attached hydrogen (secondary N) is 1. The molecule has 3 rings (SSSR count). The Balaban J connectivity index is 1.82. The molecule has 2 aliphatic rings. The van der Waals surface area contributed by atoms with E-state index in [0.29, 0.717) is 18.4 Å². The molecule has 1 N–H and O–H groups in total. The van der Waals surface area contributed by atoms with Gasteiger partial charge < -0.3 is 4.90 Å². The van der Waals surface area contributed by atoms with Gasteiger partial charge in [-0.25, -0.2) is 0 Å². The second-order valence-corrected chi connectivity index (χ2v) is 6.47. The Morgan fingerprint density at radius 2 is 2.28 bits per heavy atom. The van der Waals surface area contributed by atoms with Crippen LogP contribution in [0.15, 0.2) is 6.20 Å². The van der Waals surface area contributed by atoms with Crippen molar-refractivity contribution in [2.45, 2.75) is 45.6 Å². The highest BCUT2D eigenvalue weighted by Gasteiger charge is 2.40. The zero-order valence-corrected chi connectivity index (χ0v) is 11.4. The van der Waals surface area contributed by atoms with Crippen molar-refractivity contribution in [1.29, 1.82) is 0 Å². The van der Waals surface area contributed by atoms with Gasteiger partial charge in [0.15, 0.2) is 0 Å². The number of fused-ring (bicyclic) bond motifs is 1. The van der Waals surface area contributed by atoms with Crippen LogP contribution in [0.25, 0.3) is 0 Å². The summed E-state index contributed by atoms with van der Waals surface area (Å²) in [5.74, 6) is 1.14. The number of amides is 1. The van der Waals surface area contributed by atoms with E-state index in [9.17, 15) is 4.79 Å². The second-order valence-electron chi connectivity index (χ2n) is 6.47. The molecule has 4 nitrogen and oxygen atoms in total. The fourth-order valence-corrected chi connectivity index (χ4v) is 3.08. The summed E-state index contributed by atoms with van der Waals surface area (Å²) in [7, 11) is 0. The van der Waals surface area contributed by atoms with Crippen molar-refractivity contribution in [3.05, 3.63) is 17.5 Å². The lowest BCUT2D eigenvalue weighted by Gasteiger charge is -2.38. The number of hydrogen-bond donors (Lipinski definition) is 1. The van der Waals surface area contributed by atoms with Crippen LogP contribution in [0.4, 0.5) is 0 Å². The third kappa shape index (κ3) is 1.84. The molecular weight excluding hydrogens is 226 g/mol. The van der Waals surface area contributed by atoms with E-state index < -0.39 is 0 Å². The van der Waals surface area contributed by atoms with Gasteiger partial charge in [-0.05, 0) is 18.8 Å². The van der Waals surface area contributed by atoms with E-state index in [1.54, 1.807) is 0 Å². The summed E-state index contributed by atoms with van der Waals surface area (Å²) in [5, 5.41) is 7.21. The van der Waals surface area contributed by atoms with E-state index in [0.717, 1.165) is 6.54 Å². The quantitative estimate of drug-likeness (QED) is 0.869. The SMILES string of the molecule is CC(C(=O)N1Cc2cn[nH]c2C(C)(C)C1)C1CC1. The Kier molecular flexibility index (Phi) is 2.50. The van der Waals surface area contributed by atoms with Crippen LogP contribution in [-0.2, 0) is 16.8 Å². The molecule has 1 atom stereocenters. The Hall–Kier alpha value is -1.32. The highest BCUT2D eigenvalue weighted by atomic mass is 16.2. The molecule has 0 saturated heterocycles. The van der Waals surface area contributed by atoms with E-state index in [1.807, 2.05) is 11.1 Å². The molecule has 1 aromatic heterocycles. The van der Waals surface area contributed by atoms with Crippen LogP contribution in [-0.4, -0.2) is 27.5 Å². The Morgan fingerprint density at radius 1 is 1.56 bits per heavy atom. The first-order valence-corrected chi connectivity index (χ1v) is 6.80. The predicted molar refractivity (Wildman–Crippen MR) is 68.9 cm³/mol. The lowest BCUT2D eigenvalue weighted by atomic mass is 9.83. The van der Waals surface area contributed by atoms with Gasteiger partial charge in [-0.3, -0.25) is 9.89 Å². The Morgan fingerprint density at radius 3 is 2.94 bits per heavy atom. The Labute approximate surface area is 108 Å². The van der Waals surface area contributed by atoms with Gasteiger partial charge in [0.2, 0.25) is 5.91 Å². The highest BCUT2D eigenvalue weighted by Crippen LogP contribution is 2.39. The van der Waals surface area contributed by atoms with Crippen molar-refractivity contribution in [2.75, 3.05) is 6.54 Å². The summed E-state index contributed by atoms with van der Waals surface area (Å²) in [6, 6.07) is 0.